The van der Waals surface area contributed by atoms with Crippen LogP contribution in [0.1, 0.15) is 35.3 Å². The molecule has 1 aliphatic rings. The summed E-state index contributed by atoms with van der Waals surface area (Å²) in [6, 6.07) is 10.2. The second-order valence-corrected chi connectivity index (χ2v) is 6.83. The first-order chi connectivity index (χ1) is 13.1. The molecule has 0 radical (unpaired) electrons. The molecule has 1 fully saturated rings. The van der Waals surface area contributed by atoms with Crippen LogP contribution in [0.3, 0.4) is 0 Å². The molecule has 27 heavy (non-hydrogen) atoms. The average Bonchev–Trinajstić information content (AvgIpc) is 2.70. The zero-order valence-electron chi connectivity index (χ0n) is 14.5. The van der Waals surface area contributed by atoms with E-state index < -0.39 is 12.3 Å². The lowest BCUT2D eigenvalue weighted by Crippen LogP contribution is -2.22. The van der Waals surface area contributed by atoms with Gasteiger partial charge in [0.15, 0.2) is 0 Å². The minimum Gasteiger partial charge on any atom is -0.487 e. The Balaban J connectivity index is 1.77. The molecule has 8 heteroatoms. The number of oxime groups is 1. The number of aromatic nitrogens is 1. The summed E-state index contributed by atoms with van der Waals surface area (Å²) in [5.41, 5.74) is 0.878. The van der Waals surface area contributed by atoms with Crippen LogP contribution in [-0.2, 0) is 9.57 Å². The molecule has 1 unspecified atom stereocenters. The molecule has 1 aliphatic heterocycles. The first kappa shape index (κ1) is 19.3. The first-order valence-corrected chi connectivity index (χ1v) is 9.33. The van der Waals surface area contributed by atoms with E-state index in [0.29, 0.717) is 23.8 Å². The second-order valence-electron chi connectivity index (χ2n) is 5.92. The van der Waals surface area contributed by atoms with Crippen molar-refractivity contribution in [3.05, 3.63) is 58.3 Å². The van der Waals surface area contributed by atoms with Gasteiger partial charge in [0, 0.05) is 17.1 Å². The second kappa shape index (κ2) is 9.48. The molecule has 3 rings (SSSR count). The number of halogens is 1. The molecular formula is C19H19BrN2O5. The summed E-state index contributed by atoms with van der Waals surface area (Å²) in [5.74, 6) is -0.391. The summed E-state index contributed by atoms with van der Waals surface area (Å²) < 4.78 is 12.2. The molecule has 1 atom stereocenters. The highest BCUT2D eigenvalue weighted by molar-refractivity contribution is 9.10. The molecule has 1 aromatic heterocycles. The Hall–Kier alpha value is -2.45. The van der Waals surface area contributed by atoms with Gasteiger partial charge in [0.1, 0.15) is 18.1 Å². The highest BCUT2D eigenvalue weighted by atomic mass is 79.9. The molecule has 1 saturated heterocycles. The van der Waals surface area contributed by atoms with E-state index in [1.165, 1.54) is 18.3 Å². The van der Waals surface area contributed by atoms with Crippen LogP contribution in [0.5, 0.6) is 5.75 Å². The van der Waals surface area contributed by atoms with E-state index >= 15 is 0 Å². The third-order valence-corrected chi connectivity index (χ3v) is 4.44. The number of carboxylic acids is 1. The summed E-state index contributed by atoms with van der Waals surface area (Å²) >= 11 is 3.37. The molecule has 0 spiro atoms. The quantitative estimate of drug-likeness (QED) is 0.525. The summed E-state index contributed by atoms with van der Waals surface area (Å²) in [6.45, 7) is 0.710. The van der Waals surface area contributed by atoms with E-state index in [-0.39, 0.29) is 12.2 Å². The minimum absolute atomic E-state index is 0.0738. The van der Waals surface area contributed by atoms with Crippen LogP contribution in [0.2, 0.25) is 0 Å². The normalized spacial score (nSPS) is 17.4. The molecular weight excluding hydrogens is 416 g/mol. The highest BCUT2D eigenvalue weighted by Gasteiger charge is 2.17. The van der Waals surface area contributed by atoms with Gasteiger partial charge in [-0.2, -0.15) is 0 Å². The van der Waals surface area contributed by atoms with E-state index in [1.807, 2.05) is 24.3 Å². The SMILES string of the molecule is O=C(O)c1ccnc(/C(COc2ccc(Br)cc2)=N/OC2CCCCO2)c1. The Morgan fingerprint density at radius 3 is 2.81 bits per heavy atom. The summed E-state index contributed by atoms with van der Waals surface area (Å²) in [6.07, 6.45) is 3.78. The van der Waals surface area contributed by atoms with Crippen molar-refractivity contribution in [3.63, 3.8) is 0 Å². The number of carbonyl (C=O) groups is 1. The lowest BCUT2D eigenvalue weighted by atomic mass is 10.2. The van der Waals surface area contributed by atoms with Crippen LogP contribution in [-0.4, -0.2) is 41.3 Å². The summed E-state index contributed by atoms with van der Waals surface area (Å²) in [5, 5.41) is 13.4. The molecule has 2 heterocycles. The van der Waals surface area contributed by atoms with Gasteiger partial charge < -0.3 is 19.4 Å². The number of ether oxygens (including phenoxy) is 2. The molecule has 2 aromatic rings. The Bertz CT molecular complexity index is 804. The Kier molecular flexibility index (Phi) is 6.78. The number of carboxylic acid groups (broad SMARTS) is 1. The number of hydrogen-bond acceptors (Lipinski definition) is 6. The van der Waals surface area contributed by atoms with E-state index in [9.17, 15) is 9.90 Å². The average molecular weight is 435 g/mol. The van der Waals surface area contributed by atoms with Gasteiger partial charge in [0.05, 0.1) is 17.9 Å². The van der Waals surface area contributed by atoms with Gasteiger partial charge in [-0.05, 0) is 49.2 Å². The van der Waals surface area contributed by atoms with Crippen molar-refractivity contribution >= 4 is 27.6 Å². The van der Waals surface area contributed by atoms with Gasteiger partial charge in [-0.15, -0.1) is 0 Å². The highest BCUT2D eigenvalue weighted by Crippen LogP contribution is 2.17. The molecule has 0 bridgehead atoms. The summed E-state index contributed by atoms with van der Waals surface area (Å²) in [4.78, 5) is 20.9. The minimum atomic E-state index is -1.04. The van der Waals surface area contributed by atoms with E-state index in [2.05, 4.69) is 26.1 Å². The molecule has 0 saturated carbocycles. The number of benzene rings is 1. The van der Waals surface area contributed by atoms with Crippen LogP contribution in [0.4, 0.5) is 0 Å². The Morgan fingerprint density at radius 1 is 1.30 bits per heavy atom. The summed E-state index contributed by atoms with van der Waals surface area (Å²) in [7, 11) is 0. The van der Waals surface area contributed by atoms with Gasteiger partial charge >= 0.3 is 5.97 Å². The zero-order valence-corrected chi connectivity index (χ0v) is 16.1. The van der Waals surface area contributed by atoms with Crippen molar-refractivity contribution in [3.8, 4) is 5.75 Å². The van der Waals surface area contributed by atoms with Gasteiger partial charge in [0.2, 0.25) is 6.29 Å². The molecule has 0 aliphatic carbocycles. The van der Waals surface area contributed by atoms with Crippen molar-refractivity contribution in [2.24, 2.45) is 5.16 Å². The molecule has 0 amide bonds. The zero-order chi connectivity index (χ0) is 19.1. The van der Waals surface area contributed by atoms with Crippen LogP contribution < -0.4 is 4.74 Å². The standard InChI is InChI=1S/C19H19BrN2O5/c20-14-4-6-15(7-5-14)26-12-17(22-27-18-3-1-2-10-25-18)16-11-13(19(23)24)8-9-21-16/h4-9,11,18H,1-3,10,12H2,(H,23,24)/b22-17+. The van der Waals surface area contributed by atoms with Gasteiger partial charge in [-0.3, -0.25) is 4.98 Å². The predicted octanol–water partition coefficient (Wildman–Crippen LogP) is 3.87. The Labute approximate surface area is 165 Å². The van der Waals surface area contributed by atoms with E-state index in [1.54, 1.807) is 0 Å². The van der Waals surface area contributed by atoms with E-state index in [4.69, 9.17) is 14.3 Å². The first-order valence-electron chi connectivity index (χ1n) is 8.54. The maximum atomic E-state index is 11.2. The Morgan fingerprint density at radius 2 is 2.11 bits per heavy atom. The smallest absolute Gasteiger partial charge is 0.335 e. The monoisotopic (exact) mass is 434 g/mol. The third kappa shape index (κ3) is 5.77. The topological polar surface area (TPSA) is 90.2 Å². The maximum Gasteiger partial charge on any atom is 0.335 e. The molecule has 1 aromatic carbocycles. The number of nitrogens with zero attached hydrogens (tertiary/aromatic N) is 2. The van der Waals surface area contributed by atoms with Crippen LogP contribution in [0.15, 0.2) is 52.2 Å². The lowest BCUT2D eigenvalue weighted by Gasteiger charge is -2.20. The predicted molar refractivity (Wildman–Crippen MR) is 102 cm³/mol. The van der Waals surface area contributed by atoms with Gasteiger partial charge in [-0.25, -0.2) is 4.79 Å². The van der Waals surface area contributed by atoms with Gasteiger partial charge in [-0.1, -0.05) is 21.1 Å². The van der Waals surface area contributed by atoms with Crippen LogP contribution in [0.25, 0.3) is 0 Å². The largest absolute Gasteiger partial charge is 0.487 e. The maximum absolute atomic E-state index is 11.2. The van der Waals surface area contributed by atoms with Crippen molar-refractivity contribution in [2.75, 3.05) is 13.2 Å². The van der Waals surface area contributed by atoms with Crippen LogP contribution >= 0.6 is 15.9 Å². The number of hydrogen-bond donors (Lipinski definition) is 1. The van der Waals surface area contributed by atoms with Gasteiger partial charge in [0.25, 0.3) is 0 Å². The molecule has 1 N–H and O–H groups in total. The number of rotatable bonds is 7. The fourth-order valence-electron chi connectivity index (χ4n) is 2.47. The lowest BCUT2D eigenvalue weighted by molar-refractivity contribution is -0.162. The van der Waals surface area contributed by atoms with E-state index in [0.717, 1.165) is 23.7 Å². The van der Waals surface area contributed by atoms with Crippen LogP contribution in [0, 0.1) is 0 Å². The third-order valence-electron chi connectivity index (χ3n) is 3.91. The fourth-order valence-corrected chi connectivity index (χ4v) is 2.73. The van der Waals surface area contributed by atoms with Crippen molar-refractivity contribution in [1.29, 1.82) is 0 Å². The molecule has 142 valence electrons. The van der Waals surface area contributed by atoms with Crippen molar-refractivity contribution in [2.45, 2.75) is 25.6 Å². The fraction of sp³-hybridized carbons (Fsp3) is 0.316. The number of pyridine rings is 1. The number of aromatic carboxylic acids is 1. The molecule has 7 nitrogen and oxygen atoms in total. The van der Waals surface area contributed by atoms with Crippen molar-refractivity contribution < 1.29 is 24.2 Å². The van der Waals surface area contributed by atoms with Crippen molar-refractivity contribution in [1.82, 2.24) is 4.98 Å².